The maximum absolute atomic E-state index is 5.70. The Morgan fingerprint density at radius 1 is 1.07 bits per heavy atom. The number of unbranched alkanes of at least 4 members (excludes halogenated alkanes) is 1. The summed E-state index contributed by atoms with van der Waals surface area (Å²) < 4.78 is 13.5. The molecule has 0 saturated heterocycles. The van der Waals surface area contributed by atoms with E-state index >= 15 is 0 Å². The summed E-state index contributed by atoms with van der Waals surface area (Å²) in [6, 6.07) is 6.13. The zero-order chi connectivity index (χ0) is 20.9. The molecular weight excluding hydrogens is 493 g/mol. The first-order chi connectivity index (χ1) is 14.2. The standard InChI is InChI=1S/C22H35N5O2.HI/c1-5-28-20-10-9-19(17-21(20)29-6-2)11-13-26-22(23-4)25-12-7-8-15-27-16-14-24-18(27)3;/h9-10,14,16-17H,5-8,11-13,15H2,1-4H3,(H2,23,25,26);1H. The average Bonchev–Trinajstić information content (AvgIpc) is 3.13. The predicted molar refractivity (Wildman–Crippen MR) is 133 cm³/mol. The van der Waals surface area contributed by atoms with Crippen molar-refractivity contribution in [1.82, 2.24) is 20.2 Å². The molecule has 0 aliphatic rings. The van der Waals surface area contributed by atoms with Crippen molar-refractivity contribution in [2.75, 3.05) is 33.4 Å². The van der Waals surface area contributed by atoms with E-state index in [2.05, 4.69) is 37.3 Å². The van der Waals surface area contributed by atoms with E-state index in [0.29, 0.717) is 13.2 Å². The van der Waals surface area contributed by atoms with Gasteiger partial charge in [0.05, 0.1) is 13.2 Å². The molecule has 1 heterocycles. The third-order valence-corrected chi connectivity index (χ3v) is 4.58. The molecule has 0 saturated carbocycles. The summed E-state index contributed by atoms with van der Waals surface area (Å²) in [5.41, 5.74) is 1.20. The highest BCUT2D eigenvalue weighted by Crippen LogP contribution is 2.28. The lowest BCUT2D eigenvalue weighted by Gasteiger charge is -2.14. The van der Waals surface area contributed by atoms with Crippen LogP contribution in [0.5, 0.6) is 11.5 Å². The summed E-state index contributed by atoms with van der Waals surface area (Å²) in [5.74, 6) is 3.51. The number of halogens is 1. The fourth-order valence-electron chi connectivity index (χ4n) is 3.05. The van der Waals surface area contributed by atoms with Crippen LogP contribution in [0.15, 0.2) is 35.6 Å². The van der Waals surface area contributed by atoms with E-state index in [1.165, 1.54) is 5.56 Å². The van der Waals surface area contributed by atoms with Crippen molar-refractivity contribution in [3.05, 3.63) is 42.0 Å². The van der Waals surface area contributed by atoms with Crippen LogP contribution in [0.25, 0.3) is 0 Å². The predicted octanol–water partition coefficient (Wildman–Crippen LogP) is 3.79. The van der Waals surface area contributed by atoms with Gasteiger partial charge in [0.15, 0.2) is 17.5 Å². The fraction of sp³-hybridized carbons (Fsp3) is 0.545. The molecule has 0 aliphatic carbocycles. The average molecular weight is 529 g/mol. The second-order valence-corrected chi connectivity index (χ2v) is 6.70. The second kappa shape index (κ2) is 14.9. The third-order valence-electron chi connectivity index (χ3n) is 4.58. The van der Waals surface area contributed by atoms with Gasteiger partial charge < -0.3 is 24.7 Å². The summed E-state index contributed by atoms with van der Waals surface area (Å²) in [7, 11) is 1.80. The Morgan fingerprint density at radius 3 is 2.47 bits per heavy atom. The molecule has 2 N–H and O–H groups in total. The van der Waals surface area contributed by atoms with Gasteiger partial charge in [0, 0.05) is 39.1 Å². The van der Waals surface area contributed by atoms with Crippen LogP contribution >= 0.6 is 24.0 Å². The minimum atomic E-state index is 0. The van der Waals surface area contributed by atoms with Crippen LogP contribution in [-0.4, -0.2) is 48.9 Å². The lowest BCUT2D eigenvalue weighted by Crippen LogP contribution is -2.38. The summed E-state index contributed by atoms with van der Waals surface area (Å²) >= 11 is 0. The first-order valence-corrected chi connectivity index (χ1v) is 10.5. The highest BCUT2D eigenvalue weighted by molar-refractivity contribution is 14.0. The van der Waals surface area contributed by atoms with Crippen molar-refractivity contribution in [3.8, 4) is 11.5 Å². The van der Waals surface area contributed by atoms with Gasteiger partial charge in [0.1, 0.15) is 5.82 Å². The summed E-state index contributed by atoms with van der Waals surface area (Å²) in [5, 5.41) is 6.75. The maximum atomic E-state index is 5.70. The first kappa shape index (κ1) is 26.1. The van der Waals surface area contributed by atoms with Crippen molar-refractivity contribution in [1.29, 1.82) is 0 Å². The monoisotopic (exact) mass is 529 g/mol. The molecule has 168 valence electrons. The number of nitrogens with zero attached hydrogens (tertiary/aromatic N) is 3. The van der Waals surface area contributed by atoms with Gasteiger partial charge in [0.2, 0.25) is 0 Å². The summed E-state index contributed by atoms with van der Waals surface area (Å²) in [6.07, 6.45) is 6.94. The largest absolute Gasteiger partial charge is 0.490 e. The maximum Gasteiger partial charge on any atom is 0.190 e. The van der Waals surface area contributed by atoms with Crippen LogP contribution in [0.1, 0.15) is 38.1 Å². The molecule has 7 nitrogen and oxygen atoms in total. The Bertz CT molecular complexity index is 764. The zero-order valence-corrected chi connectivity index (χ0v) is 20.9. The Labute approximate surface area is 197 Å². The minimum absolute atomic E-state index is 0. The number of aromatic nitrogens is 2. The number of benzene rings is 1. The Hall–Kier alpha value is -1.97. The molecule has 0 fully saturated rings. The molecule has 2 rings (SSSR count). The number of rotatable bonds is 12. The van der Waals surface area contributed by atoms with Crippen molar-refractivity contribution < 1.29 is 9.47 Å². The van der Waals surface area contributed by atoms with Crippen LogP contribution in [0, 0.1) is 6.92 Å². The van der Waals surface area contributed by atoms with E-state index in [1.54, 1.807) is 7.05 Å². The van der Waals surface area contributed by atoms with Gasteiger partial charge in [-0.1, -0.05) is 6.07 Å². The lowest BCUT2D eigenvalue weighted by molar-refractivity contribution is 0.287. The smallest absolute Gasteiger partial charge is 0.190 e. The number of aryl methyl sites for hydroxylation is 2. The topological polar surface area (TPSA) is 72.7 Å². The van der Waals surface area contributed by atoms with Gasteiger partial charge in [-0.25, -0.2) is 4.98 Å². The number of hydrogen-bond acceptors (Lipinski definition) is 4. The fourth-order valence-corrected chi connectivity index (χ4v) is 3.05. The van der Waals surface area contributed by atoms with Gasteiger partial charge >= 0.3 is 0 Å². The molecular formula is C22H36IN5O2. The number of imidazole rings is 1. The molecule has 0 amide bonds. The Kier molecular flexibility index (Phi) is 13.0. The van der Waals surface area contributed by atoms with E-state index in [0.717, 1.165) is 62.2 Å². The zero-order valence-electron chi connectivity index (χ0n) is 18.6. The van der Waals surface area contributed by atoms with Gasteiger partial charge in [-0.15, -0.1) is 24.0 Å². The lowest BCUT2D eigenvalue weighted by atomic mass is 10.1. The molecule has 30 heavy (non-hydrogen) atoms. The SMILES string of the molecule is CCOc1ccc(CCNC(=NC)NCCCCn2ccnc2C)cc1OCC.I. The van der Waals surface area contributed by atoms with E-state index in [9.17, 15) is 0 Å². The minimum Gasteiger partial charge on any atom is -0.490 e. The molecule has 0 aliphatic heterocycles. The highest BCUT2D eigenvalue weighted by Gasteiger charge is 2.06. The second-order valence-electron chi connectivity index (χ2n) is 6.70. The van der Waals surface area contributed by atoms with Crippen molar-refractivity contribution in [2.24, 2.45) is 4.99 Å². The van der Waals surface area contributed by atoms with Crippen LogP contribution in [0.3, 0.4) is 0 Å². The number of guanidine groups is 1. The summed E-state index contributed by atoms with van der Waals surface area (Å²) in [6.45, 7) is 9.94. The van der Waals surface area contributed by atoms with Gasteiger partial charge in [0.25, 0.3) is 0 Å². The van der Waals surface area contributed by atoms with Crippen LogP contribution in [0.2, 0.25) is 0 Å². The van der Waals surface area contributed by atoms with Gasteiger partial charge in [-0.3, -0.25) is 4.99 Å². The third kappa shape index (κ3) is 8.81. The molecule has 0 bridgehead atoms. The molecule has 2 aromatic rings. The number of aliphatic imine (C=N–C) groups is 1. The first-order valence-electron chi connectivity index (χ1n) is 10.5. The van der Waals surface area contributed by atoms with Crippen LogP contribution < -0.4 is 20.1 Å². The van der Waals surface area contributed by atoms with E-state index in [-0.39, 0.29) is 24.0 Å². The molecule has 0 unspecified atom stereocenters. The number of ether oxygens (including phenoxy) is 2. The van der Waals surface area contributed by atoms with E-state index in [4.69, 9.17) is 9.47 Å². The molecule has 0 atom stereocenters. The normalized spacial score (nSPS) is 11.0. The quantitative estimate of drug-likeness (QED) is 0.190. The molecule has 0 radical (unpaired) electrons. The van der Waals surface area contributed by atoms with Crippen LogP contribution in [0.4, 0.5) is 0 Å². The number of hydrogen-bond donors (Lipinski definition) is 2. The van der Waals surface area contributed by atoms with E-state index in [1.807, 2.05) is 39.2 Å². The Balaban J connectivity index is 0.00000450. The van der Waals surface area contributed by atoms with Crippen molar-refractivity contribution in [3.63, 3.8) is 0 Å². The van der Waals surface area contributed by atoms with Crippen molar-refractivity contribution in [2.45, 2.75) is 46.6 Å². The summed E-state index contributed by atoms with van der Waals surface area (Å²) in [4.78, 5) is 8.55. The van der Waals surface area contributed by atoms with E-state index < -0.39 is 0 Å². The molecule has 1 aromatic heterocycles. The number of nitrogens with one attached hydrogen (secondary N) is 2. The molecule has 8 heteroatoms. The van der Waals surface area contributed by atoms with Crippen LogP contribution in [-0.2, 0) is 13.0 Å². The molecule has 1 aromatic carbocycles. The Morgan fingerprint density at radius 2 is 1.80 bits per heavy atom. The van der Waals surface area contributed by atoms with Crippen molar-refractivity contribution >= 4 is 29.9 Å². The van der Waals surface area contributed by atoms with Gasteiger partial charge in [-0.2, -0.15) is 0 Å². The highest BCUT2D eigenvalue weighted by atomic mass is 127. The van der Waals surface area contributed by atoms with Gasteiger partial charge in [-0.05, 0) is 57.7 Å². The molecule has 0 spiro atoms.